The van der Waals surface area contributed by atoms with Gasteiger partial charge < -0.3 is 0 Å². The van der Waals surface area contributed by atoms with Crippen molar-refractivity contribution in [2.75, 3.05) is 5.75 Å². The number of thiazole rings is 1. The Morgan fingerprint density at radius 2 is 2.06 bits per heavy atom. The van der Waals surface area contributed by atoms with Crippen LogP contribution >= 0.6 is 11.3 Å². The van der Waals surface area contributed by atoms with E-state index in [1.54, 1.807) is 6.92 Å². The molecule has 0 aliphatic carbocycles. The topological polar surface area (TPSA) is 64.1 Å². The summed E-state index contributed by atoms with van der Waals surface area (Å²) in [6.07, 6.45) is 0.603. The SMILES string of the molecule is CCCS(=O)(=O)Cc1nc(C)c(C(C)=O)s1. The van der Waals surface area contributed by atoms with E-state index in [0.29, 0.717) is 22.0 Å². The molecule has 16 heavy (non-hydrogen) atoms. The normalized spacial score (nSPS) is 11.7. The summed E-state index contributed by atoms with van der Waals surface area (Å²) in [5.74, 6) is 0.0508. The van der Waals surface area contributed by atoms with Crippen LogP contribution in [0.25, 0.3) is 0 Å². The lowest BCUT2D eigenvalue weighted by Crippen LogP contribution is -2.08. The maximum atomic E-state index is 11.6. The Labute approximate surface area is 99.6 Å². The minimum absolute atomic E-state index is 0.0559. The summed E-state index contributed by atoms with van der Waals surface area (Å²) < 4.78 is 23.1. The standard InChI is InChI=1S/C10H15NO3S2/c1-4-5-16(13,14)6-9-11-7(2)10(15-9)8(3)12/h4-6H2,1-3H3. The number of carbonyl (C=O) groups excluding carboxylic acids is 1. The zero-order valence-electron chi connectivity index (χ0n) is 9.61. The van der Waals surface area contributed by atoms with Crippen molar-refractivity contribution < 1.29 is 13.2 Å². The molecule has 1 aromatic heterocycles. The van der Waals surface area contributed by atoms with E-state index in [9.17, 15) is 13.2 Å². The van der Waals surface area contributed by atoms with Gasteiger partial charge in [0.05, 0.1) is 16.3 Å². The first-order valence-corrected chi connectivity index (χ1v) is 7.67. The van der Waals surface area contributed by atoms with Gasteiger partial charge in [0.1, 0.15) is 10.8 Å². The maximum Gasteiger partial charge on any atom is 0.171 e. The van der Waals surface area contributed by atoms with Crippen molar-refractivity contribution >= 4 is 27.0 Å². The third-order valence-electron chi connectivity index (χ3n) is 2.02. The predicted molar refractivity (Wildman–Crippen MR) is 64.6 cm³/mol. The van der Waals surface area contributed by atoms with Crippen LogP contribution in [0, 0.1) is 6.92 Å². The van der Waals surface area contributed by atoms with Gasteiger partial charge >= 0.3 is 0 Å². The Bertz CT molecular complexity index is 488. The number of hydrogen-bond donors (Lipinski definition) is 0. The van der Waals surface area contributed by atoms with Crippen LogP contribution in [0.1, 0.15) is 40.6 Å². The highest BCUT2D eigenvalue weighted by molar-refractivity contribution is 7.90. The average molecular weight is 261 g/mol. The van der Waals surface area contributed by atoms with Crippen LogP contribution in [-0.4, -0.2) is 24.9 Å². The zero-order valence-corrected chi connectivity index (χ0v) is 11.2. The highest BCUT2D eigenvalue weighted by Gasteiger charge is 2.17. The first-order valence-electron chi connectivity index (χ1n) is 5.03. The van der Waals surface area contributed by atoms with Gasteiger partial charge in [-0.2, -0.15) is 0 Å². The van der Waals surface area contributed by atoms with E-state index in [0.717, 1.165) is 0 Å². The molecule has 0 unspecified atom stereocenters. The van der Waals surface area contributed by atoms with Crippen LogP contribution in [-0.2, 0) is 15.6 Å². The fourth-order valence-corrected chi connectivity index (χ4v) is 4.15. The summed E-state index contributed by atoms with van der Waals surface area (Å²) >= 11 is 1.18. The van der Waals surface area contributed by atoms with Gasteiger partial charge in [0.2, 0.25) is 0 Å². The van der Waals surface area contributed by atoms with Gasteiger partial charge in [-0.05, 0) is 13.3 Å². The van der Waals surface area contributed by atoms with Gasteiger partial charge in [0.15, 0.2) is 15.6 Å². The Morgan fingerprint density at radius 3 is 2.50 bits per heavy atom. The minimum atomic E-state index is -3.08. The Morgan fingerprint density at radius 1 is 1.44 bits per heavy atom. The molecule has 4 nitrogen and oxygen atoms in total. The van der Waals surface area contributed by atoms with E-state index in [4.69, 9.17) is 0 Å². The summed E-state index contributed by atoms with van der Waals surface area (Å²) in [5, 5.41) is 0.510. The molecule has 0 saturated heterocycles. The summed E-state index contributed by atoms with van der Waals surface area (Å²) in [5.41, 5.74) is 0.624. The molecule has 0 fully saturated rings. The molecule has 0 saturated carbocycles. The predicted octanol–water partition coefficient (Wildman–Crippen LogP) is 1.98. The lowest BCUT2D eigenvalue weighted by molar-refractivity contribution is 0.102. The lowest BCUT2D eigenvalue weighted by Gasteiger charge is -1.98. The monoisotopic (exact) mass is 261 g/mol. The molecular weight excluding hydrogens is 246 g/mol. The molecule has 1 heterocycles. The molecule has 90 valence electrons. The van der Waals surface area contributed by atoms with Gasteiger partial charge in [0, 0.05) is 6.92 Å². The third-order valence-corrected chi connectivity index (χ3v) is 5.20. The molecule has 0 aliphatic rings. The number of nitrogens with zero attached hydrogens (tertiary/aromatic N) is 1. The van der Waals surface area contributed by atoms with Crippen molar-refractivity contribution in [2.24, 2.45) is 0 Å². The number of sulfone groups is 1. The second kappa shape index (κ2) is 5.05. The molecule has 0 bridgehead atoms. The highest BCUT2D eigenvalue weighted by Crippen LogP contribution is 2.20. The van der Waals surface area contributed by atoms with E-state index in [2.05, 4.69) is 4.98 Å². The molecular formula is C10H15NO3S2. The highest BCUT2D eigenvalue weighted by atomic mass is 32.2. The van der Waals surface area contributed by atoms with E-state index in [1.807, 2.05) is 6.92 Å². The second-order valence-electron chi connectivity index (χ2n) is 3.67. The van der Waals surface area contributed by atoms with Crippen LogP contribution in [0.2, 0.25) is 0 Å². The first kappa shape index (κ1) is 13.3. The summed E-state index contributed by atoms with van der Waals surface area (Å²) in [4.78, 5) is 15.9. The molecule has 0 radical (unpaired) electrons. The zero-order chi connectivity index (χ0) is 12.3. The van der Waals surface area contributed by atoms with E-state index >= 15 is 0 Å². The molecule has 1 rings (SSSR count). The summed E-state index contributed by atoms with van der Waals surface area (Å²) in [7, 11) is -3.08. The van der Waals surface area contributed by atoms with E-state index < -0.39 is 9.84 Å². The van der Waals surface area contributed by atoms with Crippen LogP contribution in [0.5, 0.6) is 0 Å². The smallest absolute Gasteiger partial charge is 0.171 e. The molecule has 0 amide bonds. The van der Waals surface area contributed by atoms with Crippen LogP contribution in [0.3, 0.4) is 0 Å². The minimum Gasteiger partial charge on any atom is -0.294 e. The van der Waals surface area contributed by atoms with Gasteiger partial charge in [0.25, 0.3) is 0 Å². The fourth-order valence-electron chi connectivity index (χ4n) is 1.41. The quantitative estimate of drug-likeness (QED) is 0.760. The van der Waals surface area contributed by atoms with Crippen molar-refractivity contribution in [3.63, 3.8) is 0 Å². The van der Waals surface area contributed by atoms with Crippen LogP contribution < -0.4 is 0 Å². The van der Waals surface area contributed by atoms with Crippen molar-refractivity contribution in [2.45, 2.75) is 32.9 Å². The number of hydrogen-bond acceptors (Lipinski definition) is 5. The van der Waals surface area contributed by atoms with Gasteiger partial charge in [-0.15, -0.1) is 11.3 Å². The maximum absolute atomic E-state index is 11.6. The van der Waals surface area contributed by atoms with Crippen molar-refractivity contribution in [3.8, 4) is 0 Å². The Balaban J connectivity index is 2.91. The summed E-state index contributed by atoms with van der Waals surface area (Å²) in [6.45, 7) is 5.01. The Kier molecular flexibility index (Phi) is 4.21. The van der Waals surface area contributed by atoms with Gasteiger partial charge in [-0.3, -0.25) is 4.79 Å². The fraction of sp³-hybridized carbons (Fsp3) is 0.600. The van der Waals surface area contributed by atoms with Gasteiger partial charge in [-0.25, -0.2) is 13.4 Å². The number of aryl methyl sites for hydroxylation is 1. The van der Waals surface area contributed by atoms with E-state index in [-0.39, 0.29) is 17.3 Å². The largest absolute Gasteiger partial charge is 0.294 e. The molecule has 0 N–H and O–H groups in total. The Hall–Kier alpha value is -0.750. The average Bonchev–Trinajstić information content (AvgIpc) is 2.45. The molecule has 0 spiro atoms. The number of aromatic nitrogens is 1. The van der Waals surface area contributed by atoms with Crippen molar-refractivity contribution in [1.82, 2.24) is 4.98 Å². The summed E-state index contributed by atoms with van der Waals surface area (Å²) in [6, 6.07) is 0. The third kappa shape index (κ3) is 3.38. The number of rotatable bonds is 5. The number of Topliss-reactive ketones (excluding diaryl/α,β-unsaturated/α-hetero) is 1. The van der Waals surface area contributed by atoms with Crippen LogP contribution in [0.4, 0.5) is 0 Å². The molecule has 6 heteroatoms. The number of carbonyl (C=O) groups is 1. The first-order chi connectivity index (χ1) is 7.35. The van der Waals surface area contributed by atoms with Crippen molar-refractivity contribution in [1.29, 1.82) is 0 Å². The van der Waals surface area contributed by atoms with E-state index in [1.165, 1.54) is 18.3 Å². The van der Waals surface area contributed by atoms with Crippen molar-refractivity contribution in [3.05, 3.63) is 15.6 Å². The molecule has 0 aliphatic heterocycles. The lowest BCUT2D eigenvalue weighted by atomic mass is 10.3. The molecule has 0 atom stereocenters. The molecule has 0 aromatic carbocycles. The number of ketones is 1. The second-order valence-corrected chi connectivity index (χ2v) is 6.94. The van der Waals surface area contributed by atoms with Crippen LogP contribution in [0.15, 0.2) is 0 Å². The molecule has 1 aromatic rings. The van der Waals surface area contributed by atoms with Gasteiger partial charge in [-0.1, -0.05) is 6.92 Å².